The molecule has 0 bridgehead atoms. The average Bonchev–Trinajstić information content (AvgIpc) is 2.49. The fourth-order valence-corrected chi connectivity index (χ4v) is 1.77. The van der Waals surface area contributed by atoms with E-state index in [1.165, 1.54) is 11.1 Å². The van der Waals surface area contributed by atoms with Gasteiger partial charge in [0.05, 0.1) is 6.61 Å². The second kappa shape index (κ2) is 12.6. The Labute approximate surface area is 145 Å². The molecule has 1 aromatic carbocycles. The maximum Gasteiger partial charge on any atom is 0.191 e. The lowest BCUT2D eigenvalue weighted by atomic mass is 10.1. The molecule has 0 radical (unpaired) electrons. The highest BCUT2D eigenvalue weighted by atomic mass is 127. The Morgan fingerprint density at radius 1 is 1.29 bits per heavy atom. The van der Waals surface area contributed by atoms with E-state index in [1.54, 1.807) is 13.1 Å². The Balaban J connectivity index is 0.00000400. The molecule has 5 heteroatoms. The molecule has 1 rings (SSSR count). The molecule has 1 aromatic rings. The molecular formula is C16H26IN3O. The van der Waals surface area contributed by atoms with Crippen LogP contribution in [0.5, 0.6) is 0 Å². The largest absolute Gasteiger partial charge is 0.377 e. The Kier molecular flexibility index (Phi) is 12.0. The van der Waals surface area contributed by atoms with Gasteiger partial charge in [0.1, 0.15) is 0 Å². The van der Waals surface area contributed by atoms with Crippen molar-refractivity contribution in [1.82, 2.24) is 10.6 Å². The van der Waals surface area contributed by atoms with Gasteiger partial charge in [-0.3, -0.25) is 4.99 Å². The van der Waals surface area contributed by atoms with Gasteiger partial charge < -0.3 is 15.4 Å². The van der Waals surface area contributed by atoms with Crippen LogP contribution in [0.4, 0.5) is 0 Å². The van der Waals surface area contributed by atoms with Crippen molar-refractivity contribution in [3.8, 4) is 0 Å². The van der Waals surface area contributed by atoms with Crippen LogP contribution in [0.2, 0.25) is 0 Å². The van der Waals surface area contributed by atoms with E-state index in [2.05, 4.69) is 41.3 Å². The van der Waals surface area contributed by atoms with Crippen molar-refractivity contribution >= 4 is 29.9 Å². The molecular weight excluding hydrogens is 377 g/mol. The fraction of sp³-hybridized carbons (Fsp3) is 0.438. The summed E-state index contributed by atoms with van der Waals surface area (Å²) in [5.74, 6) is 0.772. The maximum absolute atomic E-state index is 5.62. The summed E-state index contributed by atoms with van der Waals surface area (Å²) in [7, 11) is 1.76. The van der Waals surface area contributed by atoms with Crippen molar-refractivity contribution in [2.75, 3.05) is 20.2 Å². The van der Waals surface area contributed by atoms with E-state index >= 15 is 0 Å². The van der Waals surface area contributed by atoms with Crippen molar-refractivity contribution < 1.29 is 4.74 Å². The Morgan fingerprint density at radius 2 is 2.00 bits per heavy atom. The molecule has 0 heterocycles. The summed E-state index contributed by atoms with van der Waals surface area (Å²) in [5.41, 5.74) is 2.44. The fourth-order valence-electron chi connectivity index (χ4n) is 1.77. The molecule has 0 saturated heterocycles. The van der Waals surface area contributed by atoms with Crippen molar-refractivity contribution in [1.29, 1.82) is 0 Å². The molecule has 0 aliphatic rings. The SMILES string of the molecule is C=CCNC(=NC)NCc1ccccc1COCCC.I. The molecule has 0 aliphatic heterocycles. The second-order valence-electron chi connectivity index (χ2n) is 4.42. The normalized spacial score (nSPS) is 10.7. The predicted octanol–water partition coefficient (Wildman–Crippen LogP) is 3.08. The summed E-state index contributed by atoms with van der Waals surface area (Å²) in [6.45, 7) is 8.67. The van der Waals surface area contributed by atoms with Crippen LogP contribution in [-0.2, 0) is 17.9 Å². The molecule has 21 heavy (non-hydrogen) atoms. The lowest BCUT2D eigenvalue weighted by Crippen LogP contribution is -2.36. The zero-order valence-corrected chi connectivity index (χ0v) is 15.2. The lowest BCUT2D eigenvalue weighted by Gasteiger charge is -2.13. The highest BCUT2D eigenvalue weighted by Gasteiger charge is 2.03. The molecule has 0 spiro atoms. The third kappa shape index (κ3) is 8.06. The highest BCUT2D eigenvalue weighted by Crippen LogP contribution is 2.10. The smallest absolute Gasteiger partial charge is 0.191 e. The van der Waals surface area contributed by atoms with E-state index in [0.29, 0.717) is 13.2 Å². The first kappa shape index (κ1) is 19.9. The van der Waals surface area contributed by atoms with Crippen LogP contribution in [0, 0.1) is 0 Å². The van der Waals surface area contributed by atoms with Gasteiger partial charge in [-0.05, 0) is 17.5 Å². The number of hydrogen-bond acceptors (Lipinski definition) is 2. The minimum atomic E-state index is 0. The highest BCUT2D eigenvalue weighted by molar-refractivity contribution is 14.0. The number of aliphatic imine (C=N–C) groups is 1. The molecule has 0 atom stereocenters. The van der Waals surface area contributed by atoms with Gasteiger partial charge in [0, 0.05) is 26.7 Å². The van der Waals surface area contributed by atoms with Gasteiger partial charge in [-0.1, -0.05) is 37.3 Å². The number of nitrogens with zero attached hydrogens (tertiary/aromatic N) is 1. The quantitative estimate of drug-likeness (QED) is 0.231. The molecule has 0 amide bonds. The van der Waals surface area contributed by atoms with Crippen LogP contribution >= 0.6 is 24.0 Å². The molecule has 0 aromatic heterocycles. The number of hydrogen-bond donors (Lipinski definition) is 2. The zero-order chi connectivity index (χ0) is 14.6. The molecule has 4 nitrogen and oxygen atoms in total. The van der Waals surface area contributed by atoms with Crippen LogP contribution in [0.1, 0.15) is 24.5 Å². The first-order valence-corrected chi connectivity index (χ1v) is 7.01. The van der Waals surface area contributed by atoms with Crippen LogP contribution < -0.4 is 10.6 Å². The third-order valence-corrected chi connectivity index (χ3v) is 2.81. The van der Waals surface area contributed by atoms with Gasteiger partial charge in [0.2, 0.25) is 0 Å². The minimum absolute atomic E-state index is 0. The van der Waals surface area contributed by atoms with Crippen LogP contribution in [0.15, 0.2) is 41.9 Å². The molecule has 0 unspecified atom stereocenters. The molecule has 118 valence electrons. The summed E-state index contributed by atoms with van der Waals surface area (Å²) in [4.78, 5) is 4.16. The van der Waals surface area contributed by atoms with Gasteiger partial charge in [0.15, 0.2) is 5.96 Å². The first-order valence-electron chi connectivity index (χ1n) is 7.01. The van der Waals surface area contributed by atoms with E-state index in [9.17, 15) is 0 Å². The monoisotopic (exact) mass is 403 g/mol. The van der Waals surface area contributed by atoms with Crippen molar-refractivity contribution in [2.24, 2.45) is 4.99 Å². The van der Waals surface area contributed by atoms with Gasteiger partial charge >= 0.3 is 0 Å². The number of benzene rings is 1. The number of halogens is 1. The Hall–Kier alpha value is -1.08. The van der Waals surface area contributed by atoms with Gasteiger partial charge in [0.25, 0.3) is 0 Å². The summed E-state index contributed by atoms with van der Waals surface area (Å²) in [6, 6.07) is 8.30. The summed E-state index contributed by atoms with van der Waals surface area (Å²) >= 11 is 0. The number of nitrogens with one attached hydrogen (secondary N) is 2. The average molecular weight is 403 g/mol. The standard InChI is InChI=1S/C16H25N3O.HI/c1-4-10-18-16(17-3)19-12-14-8-6-7-9-15(14)13-20-11-5-2;/h4,6-9H,1,5,10-13H2,2-3H3,(H2,17,18,19);1H. The van der Waals surface area contributed by atoms with E-state index < -0.39 is 0 Å². The summed E-state index contributed by atoms with van der Waals surface area (Å²) in [6.07, 6.45) is 2.85. The number of ether oxygens (including phenoxy) is 1. The van der Waals surface area contributed by atoms with Gasteiger partial charge in [-0.15, -0.1) is 30.6 Å². The van der Waals surface area contributed by atoms with E-state index in [0.717, 1.165) is 25.5 Å². The molecule has 2 N–H and O–H groups in total. The predicted molar refractivity (Wildman–Crippen MR) is 100 cm³/mol. The van der Waals surface area contributed by atoms with Gasteiger partial charge in [-0.2, -0.15) is 0 Å². The van der Waals surface area contributed by atoms with Crippen molar-refractivity contribution in [3.63, 3.8) is 0 Å². The van der Waals surface area contributed by atoms with E-state index in [-0.39, 0.29) is 24.0 Å². The molecule has 0 aliphatic carbocycles. The minimum Gasteiger partial charge on any atom is -0.377 e. The third-order valence-electron chi connectivity index (χ3n) is 2.81. The zero-order valence-electron chi connectivity index (χ0n) is 12.9. The lowest BCUT2D eigenvalue weighted by molar-refractivity contribution is 0.121. The second-order valence-corrected chi connectivity index (χ2v) is 4.42. The molecule has 0 fully saturated rings. The summed E-state index contributed by atoms with van der Waals surface area (Å²) in [5, 5.41) is 6.44. The number of rotatable bonds is 8. The first-order chi connectivity index (χ1) is 9.81. The molecule has 0 saturated carbocycles. The maximum atomic E-state index is 5.62. The van der Waals surface area contributed by atoms with E-state index in [1.807, 2.05) is 12.1 Å². The Bertz CT molecular complexity index is 435. The topological polar surface area (TPSA) is 45.7 Å². The van der Waals surface area contributed by atoms with Crippen LogP contribution in [0.25, 0.3) is 0 Å². The Morgan fingerprint density at radius 3 is 2.62 bits per heavy atom. The van der Waals surface area contributed by atoms with Crippen LogP contribution in [-0.4, -0.2) is 26.2 Å². The van der Waals surface area contributed by atoms with Gasteiger partial charge in [-0.25, -0.2) is 0 Å². The van der Waals surface area contributed by atoms with Crippen molar-refractivity contribution in [3.05, 3.63) is 48.0 Å². The van der Waals surface area contributed by atoms with Crippen molar-refractivity contribution in [2.45, 2.75) is 26.5 Å². The van der Waals surface area contributed by atoms with E-state index in [4.69, 9.17) is 4.74 Å². The van der Waals surface area contributed by atoms with Crippen LogP contribution in [0.3, 0.4) is 0 Å². The number of guanidine groups is 1. The summed E-state index contributed by atoms with van der Waals surface area (Å²) < 4.78 is 5.62.